The molecule has 1 amide bonds. The van der Waals surface area contributed by atoms with E-state index in [0.29, 0.717) is 22.4 Å². The van der Waals surface area contributed by atoms with Gasteiger partial charge in [-0.15, -0.1) is 0 Å². The van der Waals surface area contributed by atoms with E-state index in [4.69, 9.17) is 11.6 Å². The molecule has 0 saturated carbocycles. The molecule has 0 spiro atoms. The van der Waals surface area contributed by atoms with Crippen LogP contribution in [0, 0.1) is 20.8 Å². The Morgan fingerprint density at radius 1 is 0.923 bits per heavy atom. The molecule has 0 bridgehead atoms. The summed E-state index contributed by atoms with van der Waals surface area (Å²) in [6.45, 7) is 5.80. The van der Waals surface area contributed by atoms with Crippen LogP contribution in [0.5, 0.6) is 0 Å². The number of hydrogen-bond donors (Lipinski definition) is 2. The van der Waals surface area contributed by atoms with Crippen molar-refractivity contribution in [2.24, 2.45) is 0 Å². The summed E-state index contributed by atoms with van der Waals surface area (Å²) >= 11 is 5.99. The van der Waals surface area contributed by atoms with Crippen LogP contribution in [0.4, 0.5) is 17.3 Å². The number of anilines is 3. The fourth-order valence-electron chi connectivity index (χ4n) is 2.68. The van der Waals surface area contributed by atoms with Gasteiger partial charge in [-0.1, -0.05) is 23.7 Å². The number of aryl methyl sites for hydroxylation is 3. The molecule has 0 aliphatic heterocycles. The maximum atomic E-state index is 12.6. The van der Waals surface area contributed by atoms with Gasteiger partial charge in [0.1, 0.15) is 5.69 Å². The Labute approximate surface area is 157 Å². The number of carbonyl (C=O) groups is 1. The van der Waals surface area contributed by atoms with E-state index >= 15 is 0 Å². The van der Waals surface area contributed by atoms with Crippen molar-refractivity contribution < 1.29 is 4.79 Å². The number of aromatic nitrogens is 2. The molecule has 0 atom stereocenters. The van der Waals surface area contributed by atoms with Crippen molar-refractivity contribution in [2.45, 2.75) is 20.8 Å². The molecule has 3 rings (SSSR count). The minimum Gasteiger partial charge on any atom is -0.324 e. The Morgan fingerprint density at radius 2 is 1.65 bits per heavy atom. The summed E-state index contributed by atoms with van der Waals surface area (Å²) in [4.78, 5) is 21.3. The first-order chi connectivity index (χ1) is 12.4. The molecule has 0 unspecified atom stereocenters. The molecule has 0 radical (unpaired) electrons. The quantitative estimate of drug-likeness (QED) is 0.678. The minimum absolute atomic E-state index is 0.283. The average Bonchev–Trinajstić information content (AvgIpc) is 2.53. The summed E-state index contributed by atoms with van der Waals surface area (Å²) < 4.78 is 0. The summed E-state index contributed by atoms with van der Waals surface area (Å²) in [6, 6.07) is 14.8. The van der Waals surface area contributed by atoms with Gasteiger partial charge in [0.25, 0.3) is 5.91 Å². The maximum absolute atomic E-state index is 12.6. The normalized spacial score (nSPS) is 10.5. The molecule has 0 aliphatic rings. The Balaban J connectivity index is 1.83. The standard InChI is InChI=1S/C20H19ClN4O/c1-12-7-13(2)9-17(8-12)23-19(26)18-10-14(3)22-20(25-18)24-16-6-4-5-15(21)11-16/h4-11H,1-3H3,(H,23,26)(H,22,24,25). The molecule has 0 fully saturated rings. The minimum atomic E-state index is -0.283. The molecule has 6 heteroatoms. The van der Waals surface area contributed by atoms with Crippen molar-refractivity contribution >= 4 is 34.8 Å². The largest absolute Gasteiger partial charge is 0.324 e. The SMILES string of the molecule is Cc1cc(C)cc(NC(=O)c2cc(C)nc(Nc3cccc(Cl)c3)n2)c1. The van der Waals surface area contributed by atoms with Crippen LogP contribution in [-0.4, -0.2) is 15.9 Å². The van der Waals surface area contributed by atoms with Crippen LogP contribution in [0.1, 0.15) is 27.3 Å². The summed E-state index contributed by atoms with van der Waals surface area (Å²) in [5.74, 6) is 0.0625. The Hall–Kier alpha value is -2.92. The second-order valence-corrected chi connectivity index (χ2v) is 6.62. The lowest BCUT2D eigenvalue weighted by Crippen LogP contribution is -2.15. The highest BCUT2D eigenvalue weighted by Crippen LogP contribution is 2.19. The van der Waals surface area contributed by atoms with Crippen molar-refractivity contribution in [3.8, 4) is 0 Å². The fraction of sp³-hybridized carbons (Fsp3) is 0.150. The van der Waals surface area contributed by atoms with E-state index in [9.17, 15) is 4.79 Å². The molecule has 132 valence electrons. The fourth-order valence-corrected chi connectivity index (χ4v) is 2.87. The predicted molar refractivity (Wildman–Crippen MR) is 105 cm³/mol. The molecule has 1 aromatic heterocycles. The molecule has 0 aliphatic carbocycles. The average molecular weight is 367 g/mol. The highest BCUT2D eigenvalue weighted by Gasteiger charge is 2.12. The van der Waals surface area contributed by atoms with Crippen molar-refractivity contribution in [2.75, 3.05) is 10.6 Å². The van der Waals surface area contributed by atoms with Gasteiger partial charge in [0.15, 0.2) is 0 Å². The monoisotopic (exact) mass is 366 g/mol. The van der Waals surface area contributed by atoms with Gasteiger partial charge < -0.3 is 10.6 Å². The number of benzene rings is 2. The van der Waals surface area contributed by atoms with Crippen molar-refractivity contribution in [1.29, 1.82) is 0 Å². The number of amides is 1. The van der Waals surface area contributed by atoms with E-state index < -0.39 is 0 Å². The molecule has 5 nitrogen and oxygen atoms in total. The van der Waals surface area contributed by atoms with Gasteiger partial charge in [-0.05, 0) is 68.3 Å². The second kappa shape index (κ2) is 7.54. The molecular formula is C20H19ClN4O. The Morgan fingerprint density at radius 3 is 2.35 bits per heavy atom. The smallest absolute Gasteiger partial charge is 0.274 e. The maximum Gasteiger partial charge on any atom is 0.274 e. The Bertz CT molecular complexity index is 952. The molecule has 3 aromatic rings. The topological polar surface area (TPSA) is 66.9 Å². The van der Waals surface area contributed by atoms with Gasteiger partial charge >= 0.3 is 0 Å². The zero-order valence-electron chi connectivity index (χ0n) is 14.8. The number of rotatable bonds is 4. The van der Waals surface area contributed by atoms with Crippen LogP contribution in [0.15, 0.2) is 48.5 Å². The molecule has 1 heterocycles. The zero-order valence-corrected chi connectivity index (χ0v) is 15.6. The molecule has 26 heavy (non-hydrogen) atoms. The molecule has 0 saturated heterocycles. The van der Waals surface area contributed by atoms with Gasteiger partial charge in [0.2, 0.25) is 5.95 Å². The molecule has 2 aromatic carbocycles. The van der Waals surface area contributed by atoms with Gasteiger partial charge in [-0.25, -0.2) is 9.97 Å². The first-order valence-electron chi connectivity index (χ1n) is 8.17. The zero-order chi connectivity index (χ0) is 18.7. The van der Waals surface area contributed by atoms with E-state index in [-0.39, 0.29) is 5.91 Å². The summed E-state index contributed by atoms with van der Waals surface area (Å²) in [5.41, 5.74) is 4.65. The van der Waals surface area contributed by atoms with E-state index in [1.807, 2.05) is 45.0 Å². The molecular weight excluding hydrogens is 348 g/mol. The summed E-state index contributed by atoms with van der Waals surface area (Å²) in [6.07, 6.45) is 0. The number of nitrogens with zero attached hydrogens (tertiary/aromatic N) is 2. The van der Waals surface area contributed by atoms with E-state index in [0.717, 1.165) is 22.5 Å². The highest BCUT2D eigenvalue weighted by molar-refractivity contribution is 6.30. The lowest BCUT2D eigenvalue weighted by atomic mass is 10.1. The lowest BCUT2D eigenvalue weighted by Gasteiger charge is -2.10. The molecule has 2 N–H and O–H groups in total. The predicted octanol–water partition coefficient (Wildman–Crippen LogP) is 5.05. The van der Waals surface area contributed by atoms with Crippen LogP contribution < -0.4 is 10.6 Å². The van der Waals surface area contributed by atoms with Crippen LogP contribution in [0.25, 0.3) is 0 Å². The van der Waals surface area contributed by atoms with Crippen LogP contribution >= 0.6 is 11.6 Å². The number of hydrogen-bond acceptors (Lipinski definition) is 4. The van der Waals surface area contributed by atoms with Gasteiger partial charge in [-0.2, -0.15) is 0 Å². The first-order valence-corrected chi connectivity index (χ1v) is 8.55. The lowest BCUT2D eigenvalue weighted by molar-refractivity contribution is 0.102. The van der Waals surface area contributed by atoms with Gasteiger partial charge in [-0.3, -0.25) is 4.79 Å². The second-order valence-electron chi connectivity index (χ2n) is 6.18. The third-order valence-corrected chi connectivity index (χ3v) is 3.88. The van der Waals surface area contributed by atoms with E-state index in [1.165, 1.54) is 0 Å². The van der Waals surface area contributed by atoms with Crippen molar-refractivity contribution in [3.05, 3.63) is 76.1 Å². The highest BCUT2D eigenvalue weighted by atomic mass is 35.5. The first kappa shape index (κ1) is 17.9. The van der Waals surface area contributed by atoms with E-state index in [1.54, 1.807) is 18.2 Å². The number of halogens is 1. The third-order valence-electron chi connectivity index (χ3n) is 3.65. The van der Waals surface area contributed by atoms with Gasteiger partial charge in [0, 0.05) is 22.1 Å². The van der Waals surface area contributed by atoms with Crippen molar-refractivity contribution in [1.82, 2.24) is 9.97 Å². The number of carbonyl (C=O) groups excluding carboxylic acids is 1. The summed E-state index contributed by atoms with van der Waals surface area (Å²) in [7, 11) is 0. The Kier molecular flexibility index (Phi) is 5.19. The van der Waals surface area contributed by atoms with Crippen LogP contribution in [0.2, 0.25) is 5.02 Å². The summed E-state index contributed by atoms with van der Waals surface area (Å²) in [5, 5.41) is 6.57. The van der Waals surface area contributed by atoms with E-state index in [2.05, 4.69) is 26.7 Å². The number of nitrogens with one attached hydrogen (secondary N) is 2. The third kappa shape index (κ3) is 4.58. The van der Waals surface area contributed by atoms with Gasteiger partial charge in [0.05, 0.1) is 0 Å². The van der Waals surface area contributed by atoms with Crippen molar-refractivity contribution in [3.63, 3.8) is 0 Å². The van der Waals surface area contributed by atoms with Crippen LogP contribution in [-0.2, 0) is 0 Å². The van der Waals surface area contributed by atoms with Crippen LogP contribution in [0.3, 0.4) is 0 Å².